The number of rotatable bonds is 4. The third-order valence-electron chi connectivity index (χ3n) is 2.94. The van der Waals surface area contributed by atoms with Gasteiger partial charge in [0.05, 0.1) is 5.39 Å². The second kappa shape index (κ2) is 5.64. The Labute approximate surface area is 125 Å². The molecule has 0 spiro atoms. The van der Waals surface area contributed by atoms with Gasteiger partial charge in [0.1, 0.15) is 16.4 Å². The van der Waals surface area contributed by atoms with Crippen molar-refractivity contribution in [1.82, 2.24) is 9.97 Å². The number of hydrogen-bond donors (Lipinski definition) is 2. The summed E-state index contributed by atoms with van der Waals surface area (Å²) in [5, 5.41) is 15.7. The highest BCUT2D eigenvalue weighted by molar-refractivity contribution is 7.16. The zero-order valence-corrected chi connectivity index (χ0v) is 12.1. The van der Waals surface area contributed by atoms with Gasteiger partial charge in [-0.1, -0.05) is 12.1 Å². The molecule has 0 aliphatic heterocycles. The summed E-state index contributed by atoms with van der Waals surface area (Å²) in [7, 11) is 0. The lowest BCUT2D eigenvalue weighted by Crippen LogP contribution is -2.07. The maximum atomic E-state index is 9.24. The van der Waals surface area contributed by atoms with Gasteiger partial charge in [0.15, 0.2) is 0 Å². The van der Waals surface area contributed by atoms with Crippen molar-refractivity contribution in [2.24, 2.45) is 0 Å². The molecule has 0 amide bonds. The average molecular weight is 306 g/mol. The SMILES string of the molecule is Oc1ccc(CCNc2nc(Cl)nc3sccc23)cc1. The van der Waals surface area contributed by atoms with Gasteiger partial charge in [0.25, 0.3) is 0 Å². The summed E-state index contributed by atoms with van der Waals surface area (Å²) in [6.45, 7) is 0.739. The van der Waals surface area contributed by atoms with Crippen molar-refractivity contribution < 1.29 is 5.11 Å². The molecular formula is C14H12ClN3OS. The van der Waals surface area contributed by atoms with Crippen LogP contribution in [0, 0.1) is 0 Å². The van der Waals surface area contributed by atoms with Crippen LogP contribution in [0.4, 0.5) is 5.82 Å². The highest BCUT2D eigenvalue weighted by Crippen LogP contribution is 2.26. The number of phenols is 1. The number of thiophene rings is 1. The molecule has 0 fully saturated rings. The number of benzene rings is 1. The van der Waals surface area contributed by atoms with E-state index in [0.717, 1.165) is 34.6 Å². The Kier molecular flexibility index (Phi) is 3.71. The van der Waals surface area contributed by atoms with Crippen LogP contribution in [0.15, 0.2) is 35.7 Å². The van der Waals surface area contributed by atoms with Crippen LogP contribution < -0.4 is 5.32 Å². The molecule has 0 unspecified atom stereocenters. The molecule has 0 bridgehead atoms. The van der Waals surface area contributed by atoms with Gasteiger partial charge < -0.3 is 10.4 Å². The van der Waals surface area contributed by atoms with Crippen molar-refractivity contribution in [3.8, 4) is 5.75 Å². The van der Waals surface area contributed by atoms with Crippen LogP contribution in [-0.4, -0.2) is 21.6 Å². The van der Waals surface area contributed by atoms with Crippen molar-refractivity contribution in [3.63, 3.8) is 0 Å². The number of halogens is 1. The maximum absolute atomic E-state index is 9.24. The van der Waals surface area contributed by atoms with Crippen molar-refractivity contribution in [1.29, 1.82) is 0 Å². The molecule has 2 N–H and O–H groups in total. The van der Waals surface area contributed by atoms with Crippen LogP contribution in [0.1, 0.15) is 5.56 Å². The summed E-state index contributed by atoms with van der Waals surface area (Å²) in [4.78, 5) is 9.29. The highest BCUT2D eigenvalue weighted by atomic mass is 35.5. The van der Waals surface area contributed by atoms with Crippen LogP contribution in [0.2, 0.25) is 5.28 Å². The van der Waals surface area contributed by atoms with E-state index >= 15 is 0 Å². The zero-order chi connectivity index (χ0) is 13.9. The van der Waals surface area contributed by atoms with Crippen molar-refractivity contribution in [2.45, 2.75) is 6.42 Å². The molecule has 2 heterocycles. The first-order valence-corrected chi connectivity index (χ1v) is 7.40. The normalized spacial score (nSPS) is 10.8. The first-order chi connectivity index (χ1) is 9.72. The van der Waals surface area contributed by atoms with Crippen LogP contribution in [-0.2, 0) is 6.42 Å². The predicted octanol–water partition coefficient (Wildman–Crippen LogP) is 3.70. The van der Waals surface area contributed by atoms with E-state index in [9.17, 15) is 5.11 Å². The van der Waals surface area contributed by atoms with Gasteiger partial charge in [-0.05, 0) is 47.2 Å². The summed E-state index contributed by atoms with van der Waals surface area (Å²) in [5.41, 5.74) is 1.15. The molecular weight excluding hydrogens is 294 g/mol. The molecule has 0 atom stereocenters. The molecule has 0 aliphatic rings. The molecule has 1 aromatic carbocycles. The number of hydrogen-bond acceptors (Lipinski definition) is 5. The van der Waals surface area contributed by atoms with Gasteiger partial charge >= 0.3 is 0 Å². The Hall–Kier alpha value is -1.85. The van der Waals surface area contributed by atoms with Crippen LogP contribution in [0.5, 0.6) is 5.75 Å². The fraction of sp³-hybridized carbons (Fsp3) is 0.143. The molecule has 20 heavy (non-hydrogen) atoms. The molecule has 4 nitrogen and oxygen atoms in total. The second-order valence-corrected chi connectivity index (χ2v) is 5.56. The molecule has 6 heteroatoms. The van der Waals surface area contributed by atoms with Crippen LogP contribution in [0.25, 0.3) is 10.2 Å². The number of aromatic hydroxyl groups is 1. The van der Waals surface area contributed by atoms with E-state index in [-0.39, 0.29) is 11.0 Å². The minimum absolute atomic E-state index is 0.257. The lowest BCUT2D eigenvalue weighted by atomic mass is 10.1. The Morgan fingerprint density at radius 1 is 1.15 bits per heavy atom. The summed E-state index contributed by atoms with van der Waals surface area (Å²) in [6, 6.07) is 9.18. The van der Waals surface area contributed by atoms with E-state index in [1.165, 1.54) is 0 Å². The number of anilines is 1. The van der Waals surface area contributed by atoms with Gasteiger partial charge in [-0.2, -0.15) is 0 Å². The van der Waals surface area contributed by atoms with Gasteiger partial charge in [0.2, 0.25) is 5.28 Å². The minimum atomic E-state index is 0.257. The minimum Gasteiger partial charge on any atom is -0.508 e. The van der Waals surface area contributed by atoms with Crippen molar-refractivity contribution >= 4 is 39.0 Å². The number of nitrogens with one attached hydrogen (secondary N) is 1. The van der Waals surface area contributed by atoms with Crippen LogP contribution in [0.3, 0.4) is 0 Å². The quantitative estimate of drug-likeness (QED) is 0.722. The van der Waals surface area contributed by atoms with E-state index in [4.69, 9.17) is 11.6 Å². The third kappa shape index (κ3) is 2.84. The molecule has 0 radical (unpaired) electrons. The third-order valence-corrected chi connectivity index (χ3v) is 3.92. The lowest BCUT2D eigenvalue weighted by Gasteiger charge is -2.07. The number of phenolic OH excluding ortho intramolecular Hbond substituents is 1. The maximum Gasteiger partial charge on any atom is 0.225 e. The molecule has 0 aliphatic carbocycles. The topological polar surface area (TPSA) is 58.0 Å². The number of nitrogens with zero attached hydrogens (tertiary/aromatic N) is 2. The summed E-state index contributed by atoms with van der Waals surface area (Å²) >= 11 is 7.45. The molecule has 3 aromatic rings. The number of fused-ring (bicyclic) bond motifs is 1. The smallest absolute Gasteiger partial charge is 0.225 e. The number of aromatic nitrogens is 2. The molecule has 3 rings (SSSR count). The Morgan fingerprint density at radius 3 is 2.75 bits per heavy atom. The molecule has 2 aromatic heterocycles. The largest absolute Gasteiger partial charge is 0.508 e. The van der Waals surface area contributed by atoms with Gasteiger partial charge in [-0.25, -0.2) is 9.97 Å². The average Bonchev–Trinajstić information content (AvgIpc) is 2.89. The Balaban J connectivity index is 1.70. The first kappa shape index (κ1) is 13.1. The highest BCUT2D eigenvalue weighted by Gasteiger charge is 2.07. The van der Waals surface area contributed by atoms with E-state index in [1.54, 1.807) is 23.5 Å². The Morgan fingerprint density at radius 2 is 1.95 bits per heavy atom. The van der Waals surface area contributed by atoms with E-state index in [1.807, 2.05) is 23.6 Å². The van der Waals surface area contributed by atoms with E-state index < -0.39 is 0 Å². The van der Waals surface area contributed by atoms with Gasteiger partial charge in [-0.3, -0.25) is 0 Å². The monoisotopic (exact) mass is 305 g/mol. The lowest BCUT2D eigenvalue weighted by molar-refractivity contribution is 0.475. The fourth-order valence-electron chi connectivity index (χ4n) is 1.95. The van der Waals surface area contributed by atoms with Crippen LogP contribution >= 0.6 is 22.9 Å². The first-order valence-electron chi connectivity index (χ1n) is 6.15. The Bertz CT molecular complexity index is 727. The van der Waals surface area contributed by atoms with Crippen molar-refractivity contribution in [2.75, 3.05) is 11.9 Å². The van der Waals surface area contributed by atoms with Crippen molar-refractivity contribution in [3.05, 3.63) is 46.6 Å². The van der Waals surface area contributed by atoms with Gasteiger partial charge in [0, 0.05) is 6.54 Å². The summed E-state index contributed by atoms with van der Waals surface area (Å²) in [6.07, 6.45) is 0.841. The molecule has 0 saturated carbocycles. The second-order valence-electron chi connectivity index (χ2n) is 4.32. The molecule has 0 saturated heterocycles. The summed E-state index contributed by atoms with van der Waals surface area (Å²) in [5.74, 6) is 1.05. The predicted molar refractivity (Wildman–Crippen MR) is 82.7 cm³/mol. The molecule has 102 valence electrons. The van der Waals surface area contributed by atoms with E-state index in [2.05, 4.69) is 15.3 Å². The fourth-order valence-corrected chi connectivity index (χ4v) is 2.93. The zero-order valence-electron chi connectivity index (χ0n) is 10.5. The van der Waals surface area contributed by atoms with E-state index in [0.29, 0.717) is 0 Å². The summed E-state index contributed by atoms with van der Waals surface area (Å²) < 4.78 is 0. The van der Waals surface area contributed by atoms with Gasteiger partial charge in [-0.15, -0.1) is 11.3 Å². The standard InChI is InChI=1S/C14H12ClN3OS/c15-14-17-12(11-6-8-20-13(11)18-14)16-7-5-9-1-3-10(19)4-2-9/h1-4,6,8,19H,5,7H2,(H,16,17,18).